The minimum absolute atomic E-state index is 0.0250. The summed E-state index contributed by atoms with van der Waals surface area (Å²) in [7, 11) is -3.87. The molecule has 1 aromatic heterocycles. The van der Waals surface area contributed by atoms with Gasteiger partial charge < -0.3 is 9.05 Å². The monoisotopic (exact) mass is 331 g/mol. The first-order valence-electron chi connectivity index (χ1n) is 4.67. The highest BCUT2D eigenvalue weighted by atomic mass is 35.5. The summed E-state index contributed by atoms with van der Waals surface area (Å²) in [6.45, 7) is 4.99. The highest BCUT2D eigenvalue weighted by molar-refractivity contribution is 7.49. The lowest BCUT2D eigenvalue weighted by atomic mass is 10.5. The molecule has 0 bridgehead atoms. The third-order valence-electron chi connectivity index (χ3n) is 1.54. The van der Waals surface area contributed by atoms with Crippen LogP contribution in [-0.4, -0.2) is 11.6 Å². The van der Waals surface area contributed by atoms with Gasteiger partial charge in [-0.05, 0) is 13.0 Å². The van der Waals surface area contributed by atoms with Crippen molar-refractivity contribution >= 4 is 42.6 Å². The van der Waals surface area contributed by atoms with E-state index < -0.39 is 7.82 Å². The third kappa shape index (κ3) is 4.04. The van der Waals surface area contributed by atoms with Gasteiger partial charge in [-0.2, -0.15) is 4.98 Å². The largest absolute Gasteiger partial charge is 0.588 e. The van der Waals surface area contributed by atoms with E-state index in [1.54, 1.807) is 6.92 Å². The molecule has 0 fully saturated rings. The molecule has 0 saturated carbocycles. The van der Waals surface area contributed by atoms with Crippen molar-refractivity contribution in [3.63, 3.8) is 0 Å². The van der Waals surface area contributed by atoms with Gasteiger partial charge in [0.15, 0.2) is 5.15 Å². The van der Waals surface area contributed by atoms with Crippen LogP contribution in [0.2, 0.25) is 15.2 Å². The number of phosphoric acid groups is 1. The van der Waals surface area contributed by atoms with Crippen LogP contribution in [0.25, 0.3) is 0 Å². The van der Waals surface area contributed by atoms with Crippen LogP contribution >= 0.6 is 42.6 Å². The summed E-state index contributed by atoms with van der Waals surface area (Å²) < 4.78 is 26.6. The number of hydrogen-bond donors (Lipinski definition) is 0. The first-order chi connectivity index (χ1) is 8.41. The molecule has 0 saturated heterocycles. The van der Waals surface area contributed by atoms with Gasteiger partial charge in [0.1, 0.15) is 5.02 Å². The van der Waals surface area contributed by atoms with Gasteiger partial charge in [0.05, 0.1) is 17.9 Å². The Hall–Kier alpha value is -0.450. The average Bonchev–Trinajstić information content (AvgIpc) is 2.26. The van der Waals surface area contributed by atoms with Gasteiger partial charge in [-0.1, -0.05) is 41.4 Å². The Bertz CT molecular complexity index is 497. The van der Waals surface area contributed by atoms with Gasteiger partial charge in [-0.3, -0.25) is 4.52 Å². The summed E-state index contributed by atoms with van der Waals surface area (Å²) in [6.07, 6.45) is 0.932. The number of hydrogen-bond acceptors (Lipinski definition) is 5. The van der Waals surface area contributed by atoms with Gasteiger partial charge >= 0.3 is 7.82 Å². The number of nitrogens with zero attached hydrogens (tertiary/aromatic N) is 1. The molecule has 1 unspecified atom stereocenters. The molecule has 0 aliphatic rings. The first kappa shape index (κ1) is 15.6. The fourth-order valence-electron chi connectivity index (χ4n) is 0.926. The third-order valence-corrected chi connectivity index (χ3v) is 3.87. The molecular formula is C9H9Cl3NO4P. The molecule has 0 N–H and O–H groups in total. The van der Waals surface area contributed by atoms with E-state index in [4.69, 9.17) is 48.4 Å². The van der Waals surface area contributed by atoms with Crippen molar-refractivity contribution in [2.24, 2.45) is 0 Å². The Morgan fingerprint density at radius 3 is 2.67 bits per heavy atom. The maximum Gasteiger partial charge on any atom is 0.588 e. The van der Waals surface area contributed by atoms with Crippen LogP contribution in [0.5, 0.6) is 5.88 Å². The molecule has 100 valence electrons. The van der Waals surface area contributed by atoms with Crippen molar-refractivity contribution in [1.29, 1.82) is 0 Å². The zero-order valence-corrected chi connectivity index (χ0v) is 12.4. The first-order valence-corrected chi connectivity index (χ1v) is 7.26. The Kier molecular flexibility index (Phi) is 5.76. The second kappa shape index (κ2) is 6.64. The number of pyridine rings is 1. The molecule has 0 radical (unpaired) electrons. The van der Waals surface area contributed by atoms with Crippen molar-refractivity contribution in [2.75, 3.05) is 6.61 Å². The average molecular weight is 333 g/mol. The molecule has 0 aliphatic carbocycles. The number of phosphoric ester groups is 1. The van der Waals surface area contributed by atoms with Gasteiger partial charge in [0.2, 0.25) is 5.88 Å². The number of halogens is 3. The van der Waals surface area contributed by atoms with Gasteiger partial charge in [-0.15, -0.1) is 0 Å². The molecule has 0 aromatic carbocycles. The lowest BCUT2D eigenvalue weighted by Crippen LogP contribution is -2.01. The van der Waals surface area contributed by atoms with Crippen LogP contribution in [0, 0.1) is 0 Å². The Morgan fingerprint density at radius 2 is 2.11 bits per heavy atom. The molecule has 0 amide bonds. The van der Waals surface area contributed by atoms with E-state index in [9.17, 15) is 4.57 Å². The Labute approximate surface area is 119 Å². The van der Waals surface area contributed by atoms with Crippen LogP contribution in [-0.2, 0) is 13.6 Å². The van der Waals surface area contributed by atoms with E-state index in [0.717, 1.165) is 6.26 Å². The van der Waals surface area contributed by atoms with E-state index in [-0.39, 0.29) is 27.7 Å². The standard InChI is InChI=1S/C9H9Cl3NO4P/c1-3-15-18(14,16-4-2)17-9-7(11)5-6(10)8(12)13-9/h3,5H,1,4H2,2H3. The van der Waals surface area contributed by atoms with Crippen molar-refractivity contribution < 1.29 is 18.1 Å². The Morgan fingerprint density at radius 1 is 1.44 bits per heavy atom. The summed E-state index contributed by atoms with van der Waals surface area (Å²) >= 11 is 17.2. The fourth-order valence-corrected chi connectivity index (χ4v) is 2.51. The van der Waals surface area contributed by atoms with Crippen molar-refractivity contribution in [1.82, 2.24) is 4.98 Å². The fraction of sp³-hybridized carbons (Fsp3) is 0.222. The normalized spacial score (nSPS) is 13.8. The van der Waals surface area contributed by atoms with Crippen molar-refractivity contribution in [3.8, 4) is 5.88 Å². The van der Waals surface area contributed by atoms with Gasteiger partial charge in [0.25, 0.3) is 0 Å². The summed E-state index contributed by atoms with van der Waals surface area (Å²) in [6, 6.07) is 1.30. The van der Waals surface area contributed by atoms with E-state index in [1.165, 1.54) is 6.07 Å². The summed E-state index contributed by atoms with van der Waals surface area (Å²) in [4.78, 5) is 3.73. The molecule has 1 aromatic rings. The van der Waals surface area contributed by atoms with Crippen molar-refractivity contribution in [2.45, 2.75) is 6.92 Å². The molecule has 1 rings (SSSR count). The van der Waals surface area contributed by atoms with Crippen LogP contribution in [0.3, 0.4) is 0 Å². The second-order valence-corrected chi connectivity index (χ2v) is 5.49. The minimum Gasteiger partial charge on any atom is -0.404 e. The lowest BCUT2D eigenvalue weighted by molar-refractivity contribution is 0.201. The number of rotatable bonds is 6. The maximum atomic E-state index is 12.0. The summed E-state index contributed by atoms with van der Waals surface area (Å²) in [5, 5.41) is 0.125. The quantitative estimate of drug-likeness (QED) is 0.428. The number of aromatic nitrogens is 1. The minimum atomic E-state index is -3.87. The maximum absolute atomic E-state index is 12.0. The van der Waals surface area contributed by atoms with Crippen LogP contribution in [0.1, 0.15) is 6.92 Å². The van der Waals surface area contributed by atoms with E-state index in [0.29, 0.717) is 0 Å². The lowest BCUT2D eigenvalue weighted by Gasteiger charge is -2.16. The topological polar surface area (TPSA) is 57.7 Å². The zero-order chi connectivity index (χ0) is 13.8. The molecule has 0 aliphatic heterocycles. The zero-order valence-electron chi connectivity index (χ0n) is 9.23. The second-order valence-electron chi connectivity index (χ2n) is 2.78. The summed E-state index contributed by atoms with van der Waals surface area (Å²) in [5.74, 6) is -0.204. The van der Waals surface area contributed by atoms with E-state index >= 15 is 0 Å². The smallest absolute Gasteiger partial charge is 0.404 e. The van der Waals surface area contributed by atoms with Gasteiger partial charge in [0, 0.05) is 0 Å². The molecule has 1 atom stereocenters. The van der Waals surface area contributed by atoms with E-state index in [2.05, 4.69) is 11.6 Å². The molecule has 9 heteroatoms. The van der Waals surface area contributed by atoms with Crippen LogP contribution < -0.4 is 4.52 Å². The highest BCUT2D eigenvalue weighted by Crippen LogP contribution is 2.50. The highest BCUT2D eigenvalue weighted by Gasteiger charge is 2.30. The SMILES string of the molecule is C=COP(=O)(OCC)Oc1nc(Cl)c(Cl)cc1Cl. The van der Waals surface area contributed by atoms with Crippen LogP contribution in [0.15, 0.2) is 18.9 Å². The van der Waals surface area contributed by atoms with Gasteiger partial charge in [-0.25, -0.2) is 4.57 Å². The molecule has 0 spiro atoms. The predicted molar refractivity (Wildman–Crippen MR) is 70.4 cm³/mol. The molecular weight excluding hydrogens is 323 g/mol. The van der Waals surface area contributed by atoms with E-state index in [1.807, 2.05) is 0 Å². The Balaban J connectivity index is 3.04. The molecule has 1 heterocycles. The summed E-state index contributed by atoms with van der Waals surface area (Å²) in [5.41, 5.74) is 0. The predicted octanol–water partition coefficient (Wildman–Crippen LogP) is 4.73. The molecule has 18 heavy (non-hydrogen) atoms. The molecule has 5 nitrogen and oxygen atoms in total. The van der Waals surface area contributed by atoms with Crippen LogP contribution in [0.4, 0.5) is 0 Å². The van der Waals surface area contributed by atoms with Crippen molar-refractivity contribution in [3.05, 3.63) is 34.1 Å².